The molecule has 3 rings (SSSR count). The summed E-state index contributed by atoms with van der Waals surface area (Å²) in [5.41, 5.74) is 0.867. The molecule has 1 fully saturated rings. The fourth-order valence-electron chi connectivity index (χ4n) is 2.92. The van der Waals surface area contributed by atoms with Crippen LogP contribution in [0.25, 0.3) is 11.0 Å². The summed E-state index contributed by atoms with van der Waals surface area (Å²) in [5, 5.41) is 3.67. The van der Waals surface area contributed by atoms with E-state index in [9.17, 15) is 9.18 Å². The lowest BCUT2D eigenvalue weighted by molar-refractivity contribution is 0.0900. The van der Waals surface area contributed by atoms with Crippen LogP contribution in [0.15, 0.2) is 22.6 Å². The molecule has 3 nitrogen and oxygen atoms in total. The molecule has 2 aromatic rings. The minimum absolute atomic E-state index is 0.166. The smallest absolute Gasteiger partial charge is 0.287 e. The standard InChI is InChI=1S/C16H18FNO2/c1-10-12-8-5-9-13(17)15(12)20-14(10)16(19)18-11-6-3-2-4-7-11/h5,8-9,11H,2-4,6-7H2,1H3,(H,18,19). The number of nitrogens with one attached hydrogen (secondary N) is 1. The molecule has 1 amide bonds. The zero-order valence-corrected chi connectivity index (χ0v) is 11.5. The van der Waals surface area contributed by atoms with Crippen LogP contribution in [0.3, 0.4) is 0 Å². The highest BCUT2D eigenvalue weighted by atomic mass is 19.1. The van der Waals surface area contributed by atoms with Gasteiger partial charge in [0.1, 0.15) is 0 Å². The average molecular weight is 275 g/mol. The number of hydrogen-bond acceptors (Lipinski definition) is 2. The van der Waals surface area contributed by atoms with E-state index in [1.165, 1.54) is 12.5 Å². The van der Waals surface area contributed by atoms with Crippen molar-refractivity contribution in [3.8, 4) is 0 Å². The van der Waals surface area contributed by atoms with Gasteiger partial charge in [-0.05, 0) is 25.8 Å². The molecule has 1 aromatic carbocycles. The van der Waals surface area contributed by atoms with Crippen LogP contribution < -0.4 is 5.32 Å². The summed E-state index contributed by atoms with van der Waals surface area (Å²) in [5.74, 6) is -0.428. The second-order valence-corrected chi connectivity index (χ2v) is 5.48. The summed E-state index contributed by atoms with van der Waals surface area (Å²) in [6, 6.07) is 4.96. The van der Waals surface area contributed by atoms with Gasteiger partial charge in [0, 0.05) is 17.0 Å². The topological polar surface area (TPSA) is 42.2 Å². The van der Waals surface area contributed by atoms with Crippen molar-refractivity contribution >= 4 is 16.9 Å². The molecule has 1 N–H and O–H groups in total. The number of aryl methyl sites for hydroxylation is 1. The van der Waals surface area contributed by atoms with Crippen LogP contribution in [0.5, 0.6) is 0 Å². The van der Waals surface area contributed by atoms with Gasteiger partial charge in [0.05, 0.1) is 0 Å². The highest BCUT2D eigenvalue weighted by Crippen LogP contribution is 2.27. The molecular formula is C16H18FNO2. The van der Waals surface area contributed by atoms with Crippen molar-refractivity contribution in [2.24, 2.45) is 0 Å². The Hall–Kier alpha value is -1.84. The average Bonchev–Trinajstić information content (AvgIpc) is 2.79. The van der Waals surface area contributed by atoms with Crippen molar-refractivity contribution < 1.29 is 13.6 Å². The molecule has 0 atom stereocenters. The number of fused-ring (bicyclic) bond motifs is 1. The summed E-state index contributed by atoms with van der Waals surface area (Å²) in [4.78, 5) is 12.3. The van der Waals surface area contributed by atoms with E-state index in [1.54, 1.807) is 19.1 Å². The molecule has 106 valence electrons. The molecule has 1 heterocycles. The first-order valence-electron chi connectivity index (χ1n) is 7.15. The number of hydrogen-bond donors (Lipinski definition) is 1. The maximum Gasteiger partial charge on any atom is 0.287 e. The summed E-state index contributed by atoms with van der Waals surface area (Å²) >= 11 is 0. The molecule has 0 bridgehead atoms. The van der Waals surface area contributed by atoms with E-state index >= 15 is 0 Å². The normalized spacial score (nSPS) is 16.5. The van der Waals surface area contributed by atoms with Crippen LogP contribution in [0.4, 0.5) is 4.39 Å². The predicted molar refractivity (Wildman–Crippen MR) is 75.2 cm³/mol. The Balaban J connectivity index is 1.87. The molecule has 0 unspecified atom stereocenters. The molecule has 0 radical (unpaired) electrons. The van der Waals surface area contributed by atoms with Crippen molar-refractivity contribution in [2.75, 3.05) is 0 Å². The van der Waals surface area contributed by atoms with E-state index in [0.29, 0.717) is 10.9 Å². The Morgan fingerprint density at radius 1 is 1.30 bits per heavy atom. The summed E-state index contributed by atoms with van der Waals surface area (Å²) in [7, 11) is 0. The summed E-state index contributed by atoms with van der Waals surface area (Å²) in [6.45, 7) is 1.79. The van der Waals surface area contributed by atoms with E-state index < -0.39 is 5.82 Å². The number of carbonyl (C=O) groups is 1. The molecule has 20 heavy (non-hydrogen) atoms. The van der Waals surface area contributed by atoms with Crippen molar-refractivity contribution in [1.29, 1.82) is 0 Å². The van der Waals surface area contributed by atoms with Gasteiger partial charge in [-0.2, -0.15) is 0 Å². The molecule has 1 aliphatic carbocycles. The van der Waals surface area contributed by atoms with Gasteiger partial charge in [-0.15, -0.1) is 0 Å². The number of carbonyl (C=O) groups excluding carboxylic acids is 1. The first-order valence-corrected chi connectivity index (χ1v) is 7.15. The number of halogens is 1. The Kier molecular flexibility index (Phi) is 3.47. The fraction of sp³-hybridized carbons (Fsp3) is 0.438. The minimum Gasteiger partial charge on any atom is -0.448 e. The maximum absolute atomic E-state index is 13.7. The highest BCUT2D eigenvalue weighted by molar-refractivity contribution is 5.99. The van der Waals surface area contributed by atoms with Gasteiger partial charge in [-0.3, -0.25) is 4.79 Å². The monoisotopic (exact) mass is 275 g/mol. The molecule has 0 aliphatic heterocycles. The second-order valence-electron chi connectivity index (χ2n) is 5.48. The predicted octanol–water partition coefficient (Wildman–Crippen LogP) is 3.94. The van der Waals surface area contributed by atoms with Crippen LogP contribution in [0.1, 0.15) is 48.2 Å². The molecule has 0 spiro atoms. The van der Waals surface area contributed by atoms with Crippen molar-refractivity contribution in [1.82, 2.24) is 5.32 Å². The van der Waals surface area contributed by atoms with E-state index in [1.807, 2.05) is 0 Å². The lowest BCUT2D eigenvalue weighted by atomic mass is 9.95. The zero-order valence-electron chi connectivity index (χ0n) is 11.5. The van der Waals surface area contributed by atoms with Gasteiger partial charge in [-0.25, -0.2) is 4.39 Å². The van der Waals surface area contributed by atoms with Gasteiger partial charge in [0.2, 0.25) is 0 Å². The lowest BCUT2D eigenvalue weighted by Gasteiger charge is -2.22. The zero-order chi connectivity index (χ0) is 14.1. The third-order valence-electron chi connectivity index (χ3n) is 4.06. The largest absolute Gasteiger partial charge is 0.448 e. The van der Waals surface area contributed by atoms with Crippen molar-refractivity contribution in [3.05, 3.63) is 35.3 Å². The SMILES string of the molecule is Cc1c(C(=O)NC2CCCCC2)oc2c(F)cccc12. The Labute approximate surface area is 117 Å². The number of para-hydroxylation sites is 1. The Morgan fingerprint density at radius 3 is 2.75 bits per heavy atom. The number of benzene rings is 1. The minimum atomic E-state index is -0.428. The quantitative estimate of drug-likeness (QED) is 0.902. The molecular weight excluding hydrogens is 257 g/mol. The van der Waals surface area contributed by atoms with Gasteiger partial charge < -0.3 is 9.73 Å². The summed E-state index contributed by atoms with van der Waals surface area (Å²) in [6.07, 6.45) is 5.57. The van der Waals surface area contributed by atoms with E-state index in [4.69, 9.17) is 4.42 Å². The molecule has 0 saturated heterocycles. The fourth-order valence-corrected chi connectivity index (χ4v) is 2.92. The van der Waals surface area contributed by atoms with Crippen LogP contribution in [0.2, 0.25) is 0 Å². The second kappa shape index (κ2) is 5.27. The van der Waals surface area contributed by atoms with Gasteiger partial charge >= 0.3 is 0 Å². The van der Waals surface area contributed by atoms with Crippen LogP contribution in [-0.4, -0.2) is 11.9 Å². The van der Waals surface area contributed by atoms with Crippen molar-refractivity contribution in [2.45, 2.75) is 45.1 Å². The van der Waals surface area contributed by atoms with Crippen molar-refractivity contribution in [3.63, 3.8) is 0 Å². The van der Waals surface area contributed by atoms with Gasteiger partial charge in [0.15, 0.2) is 17.2 Å². The Morgan fingerprint density at radius 2 is 2.05 bits per heavy atom. The van der Waals surface area contributed by atoms with E-state index in [2.05, 4.69) is 5.32 Å². The first-order chi connectivity index (χ1) is 9.66. The third-order valence-corrected chi connectivity index (χ3v) is 4.06. The van der Waals surface area contributed by atoms with Gasteiger partial charge in [-0.1, -0.05) is 31.4 Å². The first kappa shape index (κ1) is 13.2. The third kappa shape index (κ3) is 2.30. The highest BCUT2D eigenvalue weighted by Gasteiger charge is 2.22. The number of amides is 1. The molecule has 1 saturated carbocycles. The van der Waals surface area contributed by atoms with Gasteiger partial charge in [0.25, 0.3) is 5.91 Å². The molecule has 4 heteroatoms. The summed E-state index contributed by atoms with van der Waals surface area (Å²) < 4.78 is 19.1. The number of rotatable bonds is 2. The lowest BCUT2D eigenvalue weighted by Crippen LogP contribution is -2.36. The van der Waals surface area contributed by atoms with Crippen LogP contribution in [0, 0.1) is 12.7 Å². The van der Waals surface area contributed by atoms with E-state index in [0.717, 1.165) is 25.7 Å². The molecule has 1 aromatic heterocycles. The maximum atomic E-state index is 13.7. The molecule has 1 aliphatic rings. The number of furan rings is 1. The van der Waals surface area contributed by atoms with E-state index in [-0.39, 0.29) is 23.3 Å². The van der Waals surface area contributed by atoms with Crippen LogP contribution in [-0.2, 0) is 0 Å². The Bertz CT molecular complexity index is 641. The van der Waals surface area contributed by atoms with Crippen LogP contribution >= 0.6 is 0 Å².